The molecule has 8 nitrogen and oxygen atoms in total. The largest absolute Gasteiger partial charge is 0.358 e. The van der Waals surface area contributed by atoms with Gasteiger partial charge < -0.3 is 10.6 Å². The number of aromatic nitrogens is 3. The molecular weight excluding hydrogens is 328 g/mol. The van der Waals surface area contributed by atoms with E-state index in [0.717, 1.165) is 0 Å². The first-order chi connectivity index (χ1) is 10.4. The van der Waals surface area contributed by atoms with Crippen molar-refractivity contribution in [1.29, 1.82) is 0 Å². The number of hydrogen-bond acceptors (Lipinski definition) is 7. The summed E-state index contributed by atoms with van der Waals surface area (Å²) in [5.41, 5.74) is 0.484. The molecule has 4 N–H and O–H groups in total. The number of rotatable bonds is 5. The van der Waals surface area contributed by atoms with Crippen molar-refractivity contribution in [3.05, 3.63) is 29.5 Å². The molecule has 0 aliphatic rings. The highest BCUT2D eigenvalue weighted by atomic mass is 35.5. The smallest absolute Gasteiger partial charge is 0.255 e. The summed E-state index contributed by atoms with van der Waals surface area (Å²) < 4.78 is 22.2. The average molecular weight is 339 g/mol. The van der Waals surface area contributed by atoms with Crippen LogP contribution in [0.1, 0.15) is 0 Å². The number of nitrogens with one attached hydrogen (secondary N) is 2. The maximum absolute atomic E-state index is 11.1. The molecule has 2 aromatic rings. The van der Waals surface area contributed by atoms with E-state index >= 15 is 0 Å². The van der Waals surface area contributed by atoms with Gasteiger partial charge in [-0.25, -0.2) is 23.5 Å². The number of nitrogens with two attached hydrogens (primary N) is 1. The third kappa shape index (κ3) is 4.05. The van der Waals surface area contributed by atoms with Crippen molar-refractivity contribution >= 4 is 39.1 Å². The number of anilines is 3. The highest BCUT2D eigenvalue weighted by Crippen LogP contribution is 2.21. The zero-order valence-corrected chi connectivity index (χ0v) is 12.7. The number of nitrogens with zero attached hydrogens (tertiary/aromatic N) is 3. The van der Waals surface area contributed by atoms with Crippen LogP contribution in [-0.2, 0) is 10.0 Å². The summed E-state index contributed by atoms with van der Waals surface area (Å²) >= 11 is 5.93. The van der Waals surface area contributed by atoms with Gasteiger partial charge >= 0.3 is 0 Å². The fourth-order valence-corrected chi connectivity index (χ4v) is 2.05. The van der Waals surface area contributed by atoms with Crippen molar-refractivity contribution in [1.82, 2.24) is 15.0 Å². The van der Waals surface area contributed by atoms with E-state index in [1.807, 2.05) is 0 Å². The van der Waals surface area contributed by atoms with Gasteiger partial charge in [-0.15, -0.1) is 6.42 Å². The second kappa shape index (κ2) is 6.57. The normalized spacial score (nSPS) is 10.8. The summed E-state index contributed by atoms with van der Waals surface area (Å²) in [6.07, 6.45) is 7.86. The quantitative estimate of drug-likeness (QED) is 0.694. The van der Waals surface area contributed by atoms with Crippen molar-refractivity contribution in [2.24, 2.45) is 5.14 Å². The van der Waals surface area contributed by atoms with E-state index in [-0.39, 0.29) is 17.5 Å². The van der Waals surface area contributed by atoms with Gasteiger partial charge in [0.15, 0.2) is 10.8 Å². The summed E-state index contributed by atoms with van der Waals surface area (Å²) in [6.45, 7) is 0.265. The molecule has 0 radical (unpaired) electrons. The molecule has 2 rings (SSSR count). The van der Waals surface area contributed by atoms with E-state index in [4.69, 9.17) is 23.2 Å². The second-order valence-electron chi connectivity index (χ2n) is 4.00. The summed E-state index contributed by atoms with van der Waals surface area (Å²) in [6, 6.07) is 2.75. The molecule has 0 unspecified atom stereocenters. The minimum absolute atomic E-state index is 0.230. The highest BCUT2D eigenvalue weighted by Gasteiger charge is 2.09. The first-order valence-corrected chi connectivity index (χ1v) is 7.78. The molecule has 0 bridgehead atoms. The Bertz CT molecular complexity index is 817. The minimum atomic E-state index is -3.83. The van der Waals surface area contributed by atoms with Crippen LogP contribution in [0, 0.1) is 12.3 Å². The molecule has 0 saturated carbocycles. The lowest BCUT2D eigenvalue weighted by molar-refractivity contribution is 0.594. The molecule has 0 aromatic carbocycles. The van der Waals surface area contributed by atoms with Gasteiger partial charge in [-0.05, 0) is 12.1 Å². The van der Waals surface area contributed by atoms with E-state index in [9.17, 15) is 8.42 Å². The maximum Gasteiger partial charge on any atom is 0.255 e. The molecule has 0 spiro atoms. The molecule has 0 fully saturated rings. The van der Waals surface area contributed by atoms with E-state index in [2.05, 4.69) is 31.5 Å². The van der Waals surface area contributed by atoms with Gasteiger partial charge in [-0.3, -0.25) is 0 Å². The zero-order chi connectivity index (χ0) is 16.2. The predicted molar refractivity (Wildman–Crippen MR) is 83.3 cm³/mol. The third-order valence-corrected chi connectivity index (χ3v) is 3.49. The minimum Gasteiger partial charge on any atom is -0.358 e. The molecular formula is C12H11ClN6O2S. The number of terminal acetylenes is 1. The van der Waals surface area contributed by atoms with E-state index < -0.39 is 10.0 Å². The fraction of sp³-hybridized carbons (Fsp3) is 0.0833. The Morgan fingerprint density at radius 3 is 2.68 bits per heavy atom. The summed E-state index contributed by atoms with van der Waals surface area (Å²) in [7, 11) is -3.83. The van der Waals surface area contributed by atoms with Crippen LogP contribution in [0.5, 0.6) is 0 Å². The van der Waals surface area contributed by atoms with Crippen molar-refractivity contribution in [2.45, 2.75) is 5.03 Å². The first kappa shape index (κ1) is 16.0. The molecule has 0 aliphatic heterocycles. The standard InChI is InChI=1S/C12H11ClN6O2S/c1-2-5-15-11-9(13)7-17-12(19-11)18-8-3-4-10(16-6-8)22(14,20)21/h1,3-4,6-7H,5H2,(H2,14,20,21)(H2,15,17,18,19). The predicted octanol–water partition coefficient (Wildman–Crippen LogP) is 0.961. The van der Waals surface area contributed by atoms with Gasteiger partial charge in [-0.2, -0.15) is 4.98 Å². The molecule has 2 aromatic heterocycles. The van der Waals surface area contributed by atoms with Crippen molar-refractivity contribution in [3.63, 3.8) is 0 Å². The van der Waals surface area contributed by atoms with Crippen LogP contribution in [0.3, 0.4) is 0 Å². The van der Waals surface area contributed by atoms with Crippen LogP contribution in [-0.4, -0.2) is 29.9 Å². The zero-order valence-electron chi connectivity index (χ0n) is 11.1. The number of hydrogen-bond donors (Lipinski definition) is 3. The average Bonchev–Trinajstić information content (AvgIpc) is 2.47. The van der Waals surface area contributed by atoms with Gasteiger partial charge in [0.05, 0.1) is 24.6 Å². The second-order valence-corrected chi connectivity index (χ2v) is 5.92. The number of pyridine rings is 1. The summed E-state index contributed by atoms with van der Waals surface area (Å²) in [5, 5.41) is 10.8. The van der Waals surface area contributed by atoms with Crippen LogP contribution in [0.15, 0.2) is 29.6 Å². The molecule has 2 heterocycles. The SMILES string of the molecule is C#CCNc1nc(Nc2ccc(S(N)(=O)=O)nc2)ncc1Cl. The Hall–Kier alpha value is -2.41. The highest BCUT2D eigenvalue weighted by molar-refractivity contribution is 7.89. The van der Waals surface area contributed by atoms with Crippen molar-refractivity contribution in [3.8, 4) is 12.3 Å². The fourth-order valence-electron chi connectivity index (χ4n) is 1.44. The lowest BCUT2D eigenvalue weighted by Crippen LogP contribution is -2.13. The van der Waals surface area contributed by atoms with Crippen LogP contribution < -0.4 is 15.8 Å². The third-order valence-electron chi connectivity index (χ3n) is 2.39. The molecule has 22 heavy (non-hydrogen) atoms. The van der Waals surface area contributed by atoms with E-state index in [0.29, 0.717) is 16.5 Å². The molecule has 0 amide bonds. The van der Waals surface area contributed by atoms with Gasteiger partial charge in [0, 0.05) is 0 Å². The molecule has 114 valence electrons. The topological polar surface area (TPSA) is 123 Å². The monoisotopic (exact) mass is 338 g/mol. The Morgan fingerprint density at radius 1 is 1.32 bits per heavy atom. The lowest BCUT2D eigenvalue weighted by atomic mass is 10.4. The van der Waals surface area contributed by atoms with Gasteiger partial charge in [-0.1, -0.05) is 17.5 Å². The van der Waals surface area contributed by atoms with Gasteiger partial charge in [0.2, 0.25) is 5.95 Å². The van der Waals surface area contributed by atoms with Crippen LogP contribution in [0.25, 0.3) is 0 Å². The Kier molecular flexibility index (Phi) is 4.77. The molecule has 0 aliphatic carbocycles. The maximum atomic E-state index is 11.1. The van der Waals surface area contributed by atoms with E-state index in [1.54, 1.807) is 0 Å². The molecule has 0 saturated heterocycles. The number of sulfonamides is 1. The van der Waals surface area contributed by atoms with Gasteiger partial charge in [0.25, 0.3) is 10.0 Å². The molecule has 10 heteroatoms. The van der Waals surface area contributed by atoms with Crippen LogP contribution in [0.4, 0.5) is 17.5 Å². The first-order valence-electron chi connectivity index (χ1n) is 5.86. The van der Waals surface area contributed by atoms with Gasteiger partial charge in [0.1, 0.15) is 5.02 Å². The Balaban J connectivity index is 2.19. The van der Waals surface area contributed by atoms with Crippen LogP contribution in [0.2, 0.25) is 5.02 Å². The van der Waals surface area contributed by atoms with Crippen molar-refractivity contribution in [2.75, 3.05) is 17.2 Å². The molecule has 0 atom stereocenters. The summed E-state index contributed by atoms with van der Waals surface area (Å²) in [5.74, 6) is 3.03. The van der Waals surface area contributed by atoms with E-state index in [1.165, 1.54) is 24.5 Å². The lowest BCUT2D eigenvalue weighted by Gasteiger charge is -2.08. The Labute approximate surface area is 132 Å². The van der Waals surface area contributed by atoms with Crippen molar-refractivity contribution < 1.29 is 8.42 Å². The summed E-state index contributed by atoms with van der Waals surface area (Å²) in [4.78, 5) is 11.9. The number of halogens is 1. The Morgan fingerprint density at radius 2 is 2.09 bits per heavy atom. The van der Waals surface area contributed by atoms with Crippen LogP contribution >= 0.6 is 11.6 Å². The number of primary sulfonamides is 1.